The van der Waals surface area contributed by atoms with Crippen molar-refractivity contribution in [3.63, 3.8) is 0 Å². The molecule has 0 saturated carbocycles. The lowest BCUT2D eigenvalue weighted by molar-refractivity contribution is -0.143. The molecule has 0 aromatic heterocycles. The number of benzene rings is 1. The molecule has 0 aliphatic rings. The molecule has 0 saturated heterocycles. The summed E-state index contributed by atoms with van der Waals surface area (Å²) in [6.07, 6.45) is -9.82. The first-order valence-corrected chi connectivity index (χ1v) is 5.50. The van der Waals surface area contributed by atoms with Crippen molar-refractivity contribution in [1.29, 1.82) is 0 Å². The fourth-order valence-electron chi connectivity index (χ4n) is 1.31. The Kier molecular flexibility index (Phi) is 4.58. The van der Waals surface area contributed by atoms with Crippen LogP contribution in [0.2, 0.25) is 0 Å². The van der Waals surface area contributed by atoms with E-state index in [9.17, 15) is 26.3 Å². The van der Waals surface area contributed by atoms with Gasteiger partial charge in [0.25, 0.3) is 0 Å². The summed E-state index contributed by atoms with van der Waals surface area (Å²) < 4.78 is 75.6. The second kappa shape index (κ2) is 5.51. The summed E-state index contributed by atoms with van der Waals surface area (Å²) in [6, 6.07) is 1.07. The summed E-state index contributed by atoms with van der Waals surface area (Å²) in [5.41, 5.74) is -3.33. The smallest absolute Gasteiger partial charge is 0.302 e. The fourth-order valence-corrected chi connectivity index (χ4v) is 1.57. The minimum Gasteiger partial charge on any atom is -0.302 e. The minimum absolute atomic E-state index is 0.0311. The lowest BCUT2D eigenvalue weighted by atomic mass is 10.1. The van der Waals surface area contributed by atoms with E-state index >= 15 is 0 Å². The molecule has 0 heterocycles. The van der Waals surface area contributed by atoms with Crippen LogP contribution in [0.15, 0.2) is 23.3 Å². The van der Waals surface area contributed by atoms with E-state index < -0.39 is 34.2 Å². The van der Waals surface area contributed by atoms with Gasteiger partial charge in [-0.1, -0.05) is 11.6 Å². The molecule has 0 atom stereocenters. The molecular weight excluding hydrogens is 310 g/mol. The Labute approximate surface area is 115 Å². The van der Waals surface area contributed by atoms with Gasteiger partial charge in [-0.3, -0.25) is 0 Å². The van der Waals surface area contributed by atoms with E-state index in [1.165, 1.54) is 14.1 Å². The molecule has 0 fully saturated rings. The topological polar surface area (TPSA) is 15.6 Å². The average molecular weight is 319 g/mol. The normalized spacial score (nSPS) is 13.6. The van der Waals surface area contributed by atoms with Crippen LogP contribution < -0.4 is 0 Å². The Morgan fingerprint density at radius 2 is 1.35 bits per heavy atom. The second-order valence-electron chi connectivity index (χ2n) is 4.03. The van der Waals surface area contributed by atoms with Gasteiger partial charge in [-0.25, -0.2) is 0 Å². The zero-order valence-electron chi connectivity index (χ0n) is 10.3. The van der Waals surface area contributed by atoms with Gasteiger partial charge in [0, 0.05) is 19.7 Å². The minimum atomic E-state index is -4.91. The summed E-state index contributed by atoms with van der Waals surface area (Å²) in [6.45, 7) is 0. The maximum absolute atomic E-state index is 12.6. The largest absolute Gasteiger partial charge is 0.416 e. The quantitative estimate of drug-likeness (QED) is 0.453. The summed E-state index contributed by atoms with van der Waals surface area (Å²) in [5.74, 6) is 0. The Balaban J connectivity index is 3.46. The first-order valence-electron chi connectivity index (χ1n) is 5.12. The van der Waals surface area contributed by atoms with Crippen molar-refractivity contribution in [3.05, 3.63) is 34.9 Å². The van der Waals surface area contributed by atoms with E-state index in [0.717, 1.165) is 5.01 Å². The van der Waals surface area contributed by atoms with E-state index in [-0.39, 0.29) is 6.07 Å². The molecule has 0 N–H and O–H groups in total. The SMILES string of the molecule is CN(C)/N=C(/Cl)c1cc(C(F)(F)F)cc(C(F)(F)F)c1. The molecule has 1 rings (SSSR count). The van der Waals surface area contributed by atoms with Crippen LogP contribution >= 0.6 is 11.6 Å². The van der Waals surface area contributed by atoms with Crippen molar-refractivity contribution in [2.24, 2.45) is 5.10 Å². The zero-order chi connectivity index (χ0) is 15.7. The van der Waals surface area contributed by atoms with Gasteiger partial charge in [-0.15, -0.1) is 0 Å². The van der Waals surface area contributed by atoms with Gasteiger partial charge in [0.05, 0.1) is 11.1 Å². The van der Waals surface area contributed by atoms with Gasteiger partial charge >= 0.3 is 12.4 Å². The van der Waals surface area contributed by atoms with Crippen molar-refractivity contribution in [1.82, 2.24) is 5.01 Å². The summed E-state index contributed by atoms with van der Waals surface area (Å²) in [5, 5.41) is 4.27. The third-order valence-corrected chi connectivity index (χ3v) is 2.41. The number of nitrogens with zero attached hydrogens (tertiary/aromatic N) is 2. The van der Waals surface area contributed by atoms with Crippen LogP contribution in [0.1, 0.15) is 16.7 Å². The van der Waals surface area contributed by atoms with E-state index in [0.29, 0.717) is 12.1 Å². The number of hydrogen-bond donors (Lipinski definition) is 0. The molecule has 0 aliphatic heterocycles. The molecule has 9 heteroatoms. The van der Waals surface area contributed by atoms with E-state index in [2.05, 4.69) is 5.10 Å². The molecule has 1 aromatic carbocycles. The van der Waals surface area contributed by atoms with E-state index in [1.807, 2.05) is 0 Å². The third kappa shape index (κ3) is 4.29. The van der Waals surface area contributed by atoms with Gasteiger partial charge in [0.1, 0.15) is 0 Å². The second-order valence-corrected chi connectivity index (χ2v) is 4.39. The highest BCUT2D eigenvalue weighted by molar-refractivity contribution is 6.69. The zero-order valence-corrected chi connectivity index (χ0v) is 11.0. The lowest BCUT2D eigenvalue weighted by Crippen LogP contribution is -2.13. The highest BCUT2D eigenvalue weighted by Gasteiger charge is 2.37. The monoisotopic (exact) mass is 318 g/mol. The summed E-state index contributed by atoms with van der Waals surface area (Å²) >= 11 is 5.62. The van der Waals surface area contributed by atoms with Gasteiger partial charge < -0.3 is 5.01 Å². The van der Waals surface area contributed by atoms with Crippen molar-refractivity contribution in [3.8, 4) is 0 Å². The van der Waals surface area contributed by atoms with Crippen LogP contribution in [0.3, 0.4) is 0 Å². The van der Waals surface area contributed by atoms with Crippen LogP contribution in [0.5, 0.6) is 0 Å². The number of rotatable bonds is 2. The molecule has 0 radical (unpaired) electrons. The number of hydrazone groups is 1. The Morgan fingerprint density at radius 3 is 1.65 bits per heavy atom. The molecule has 0 unspecified atom stereocenters. The predicted molar refractivity (Wildman–Crippen MR) is 62.5 cm³/mol. The first-order chi connectivity index (χ1) is 8.91. The maximum Gasteiger partial charge on any atom is 0.416 e. The molecule has 0 aliphatic carbocycles. The van der Waals surface area contributed by atoms with Gasteiger partial charge in [-0.2, -0.15) is 31.4 Å². The van der Waals surface area contributed by atoms with Crippen LogP contribution in [-0.2, 0) is 12.4 Å². The highest BCUT2D eigenvalue weighted by Crippen LogP contribution is 2.36. The van der Waals surface area contributed by atoms with Crippen molar-refractivity contribution in [2.45, 2.75) is 12.4 Å². The van der Waals surface area contributed by atoms with Crippen molar-refractivity contribution < 1.29 is 26.3 Å². The van der Waals surface area contributed by atoms with Crippen molar-refractivity contribution in [2.75, 3.05) is 14.1 Å². The molecule has 112 valence electrons. The molecule has 20 heavy (non-hydrogen) atoms. The standard InChI is InChI=1S/C11H9ClF6N2/c1-20(2)19-9(12)6-3-7(10(13,14)15)5-8(4-6)11(16,17)18/h3-5H,1-2H3/b19-9+. The third-order valence-electron chi connectivity index (χ3n) is 2.11. The van der Waals surface area contributed by atoms with E-state index in [1.54, 1.807) is 0 Å². The first kappa shape index (κ1) is 16.6. The van der Waals surface area contributed by atoms with Crippen LogP contribution in [0.4, 0.5) is 26.3 Å². The molecule has 1 aromatic rings. The van der Waals surface area contributed by atoms with Crippen molar-refractivity contribution >= 4 is 16.8 Å². The lowest BCUT2D eigenvalue weighted by Gasteiger charge is -2.14. The Hall–Kier alpha value is -1.44. The van der Waals surface area contributed by atoms with Gasteiger partial charge in [-0.05, 0) is 18.2 Å². The maximum atomic E-state index is 12.6. The molecule has 2 nitrogen and oxygen atoms in total. The average Bonchev–Trinajstić information content (AvgIpc) is 2.25. The number of hydrogen-bond acceptors (Lipinski definition) is 2. The molecular formula is C11H9ClF6N2. The molecule has 0 amide bonds. The van der Waals surface area contributed by atoms with Crippen LogP contribution in [0, 0.1) is 0 Å². The summed E-state index contributed by atoms with van der Waals surface area (Å²) in [4.78, 5) is 0. The van der Waals surface area contributed by atoms with Gasteiger partial charge in [0.15, 0.2) is 5.17 Å². The van der Waals surface area contributed by atoms with Crippen LogP contribution in [-0.4, -0.2) is 24.3 Å². The van der Waals surface area contributed by atoms with Gasteiger partial charge in [0.2, 0.25) is 0 Å². The summed E-state index contributed by atoms with van der Waals surface area (Å²) in [7, 11) is 2.86. The highest BCUT2D eigenvalue weighted by atomic mass is 35.5. The predicted octanol–water partition coefficient (Wildman–Crippen LogP) is 4.19. The number of halogens is 7. The van der Waals surface area contributed by atoms with Crippen LogP contribution in [0.25, 0.3) is 0 Å². The Bertz CT molecular complexity index is 486. The van der Waals surface area contributed by atoms with E-state index in [4.69, 9.17) is 11.6 Å². The number of alkyl halides is 6. The fraction of sp³-hybridized carbons (Fsp3) is 0.364. The molecule has 0 spiro atoms. The Morgan fingerprint density at radius 1 is 0.950 bits per heavy atom. The molecule has 0 bridgehead atoms.